The number of aliphatic hydroxyl groups is 1. The number of amides is 2. The average molecular weight is 519 g/mol. The third-order valence-corrected chi connectivity index (χ3v) is 5.40. The third kappa shape index (κ3) is 6.65. The minimum atomic E-state index is -1.41. The lowest BCUT2D eigenvalue weighted by molar-refractivity contribution is -0.227. The second-order valence-electron chi connectivity index (χ2n) is 11.6. The van der Waals surface area contributed by atoms with Gasteiger partial charge in [-0.3, -0.25) is 0 Å². The Kier molecular flexibility index (Phi) is 7.74. The molecule has 0 unspecified atom stereocenters. The maximum absolute atomic E-state index is 13.2. The van der Waals surface area contributed by atoms with Crippen molar-refractivity contribution >= 4 is 29.0 Å². The van der Waals surface area contributed by atoms with Gasteiger partial charge in [-0.05, 0) is 61.5 Å². The number of imide groups is 1. The number of hydrogen-bond donors (Lipinski definition) is 1. The molecule has 3 heterocycles. The largest absolute Gasteiger partial charge is 0.443 e. The van der Waals surface area contributed by atoms with Crippen molar-refractivity contribution in [2.75, 3.05) is 4.90 Å². The number of rotatable bonds is 5. The lowest BCUT2D eigenvalue weighted by Gasteiger charge is -2.29. The van der Waals surface area contributed by atoms with E-state index in [1.165, 1.54) is 6.33 Å². The van der Waals surface area contributed by atoms with Gasteiger partial charge < -0.3 is 28.6 Å². The maximum Gasteiger partial charge on any atom is 0.425 e. The number of anilines is 1. The Hall–Kier alpha value is -3.02. The molecule has 0 spiro atoms. The first-order chi connectivity index (χ1) is 16.9. The molecule has 2 aromatic rings. The Morgan fingerprint density at radius 1 is 1.08 bits per heavy atom. The SMILES string of the molecule is C=C[C@H]1O[C@@H](n2ccc3c(N(C(=O)OC(C)(C)C)C(=O)OC(C)(C)C)ncnc32)[C@H](OC(C)(C)O)[C@@H]1C. The predicted molar refractivity (Wildman–Crippen MR) is 137 cm³/mol. The molecule has 1 fully saturated rings. The number of aromatic nitrogens is 3. The lowest BCUT2D eigenvalue weighted by atomic mass is 10.00. The summed E-state index contributed by atoms with van der Waals surface area (Å²) in [7, 11) is 0. The first-order valence-electron chi connectivity index (χ1n) is 12.2. The van der Waals surface area contributed by atoms with E-state index in [0.717, 1.165) is 4.90 Å². The van der Waals surface area contributed by atoms with E-state index in [4.69, 9.17) is 18.9 Å². The maximum atomic E-state index is 13.2. The summed E-state index contributed by atoms with van der Waals surface area (Å²) in [4.78, 5) is 35.8. The van der Waals surface area contributed by atoms with E-state index < -0.39 is 41.5 Å². The molecule has 1 aliphatic rings. The van der Waals surface area contributed by atoms with Crippen LogP contribution >= 0.6 is 0 Å². The summed E-state index contributed by atoms with van der Waals surface area (Å²) in [5, 5.41) is 10.7. The van der Waals surface area contributed by atoms with Crippen LogP contribution in [0, 0.1) is 5.92 Å². The summed E-state index contributed by atoms with van der Waals surface area (Å²) in [6.45, 7) is 19.1. The molecule has 11 heteroatoms. The number of fused-ring (bicyclic) bond motifs is 1. The van der Waals surface area contributed by atoms with Crippen molar-refractivity contribution in [2.24, 2.45) is 5.92 Å². The van der Waals surface area contributed by atoms with Gasteiger partial charge in [-0.25, -0.2) is 19.6 Å². The van der Waals surface area contributed by atoms with Crippen LogP contribution in [0.4, 0.5) is 15.4 Å². The topological polar surface area (TPSA) is 125 Å². The molecule has 0 radical (unpaired) electrons. The molecule has 1 saturated heterocycles. The number of carbonyl (C=O) groups is 2. The van der Waals surface area contributed by atoms with Crippen LogP contribution in [-0.2, 0) is 18.9 Å². The van der Waals surface area contributed by atoms with Gasteiger partial charge in [0.15, 0.2) is 17.8 Å². The smallest absolute Gasteiger partial charge is 0.425 e. The zero-order valence-electron chi connectivity index (χ0n) is 23.0. The molecule has 0 saturated carbocycles. The molecule has 0 aliphatic carbocycles. The van der Waals surface area contributed by atoms with Gasteiger partial charge in [0.2, 0.25) is 0 Å². The highest BCUT2D eigenvalue weighted by molar-refractivity contribution is 6.13. The summed E-state index contributed by atoms with van der Waals surface area (Å²) in [6, 6.07) is 1.67. The Morgan fingerprint density at radius 2 is 1.65 bits per heavy atom. The number of carbonyl (C=O) groups excluding carboxylic acids is 2. The molecule has 1 N–H and O–H groups in total. The van der Waals surface area contributed by atoms with Gasteiger partial charge in [0.1, 0.15) is 29.3 Å². The minimum Gasteiger partial charge on any atom is -0.443 e. The Balaban J connectivity index is 2.11. The van der Waals surface area contributed by atoms with Gasteiger partial charge in [-0.15, -0.1) is 6.58 Å². The number of hydrogen-bond acceptors (Lipinski definition) is 9. The van der Waals surface area contributed by atoms with E-state index in [1.807, 2.05) is 6.92 Å². The van der Waals surface area contributed by atoms with Crippen LogP contribution in [0.15, 0.2) is 31.2 Å². The van der Waals surface area contributed by atoms with E-state index in [-0.39, 0.29) is 17.8 Å². The molecule has 204 valence electrons. The van der Waals surface area contributed by atoms with E-state index >= 15 is 0 Å². The molecular formula is C26H38N4O7. The summed E-state index contributed by atoms with van der Waals surface area (Å²) in [5.41, 5.74) is -1.36. The second-order valence-corrected chi connectivity index (χ2v) is 11.6. The van der Waals surface area contributed by atoms with Crippen LogP contribution in [0.3, 0.4) is 0 Å². The summed E-state index contributed by atoms with van der Waals surface area (Å²) < 4.78 is 24.9. The number of nitrogens with zero attached hydrogens (tertiary/aromatic N) is 4. The normalized spacial score (nSPS) is 22.6. The van der Waals surface area contributed by atoms with Crippen LogP contribution in [0.5, 0.6) is 0 Å². The molecule has 1 aliphatic heterocycles. The Bertz CT molecular complexity index is 1130. The highest BCUT2D eigenvalue weighted by Crippen LogP contribution is 2.40. The molecule has 11 nitrogen and oxygen atoms in total. The molecule has 2 amide bonds. The van der Waals surface area contributed by atoms with Crippen LogP contribution in [-0.4, -0.2) is 61.0 Å². The zero-order chi connectivity index (χ0) is 27.9. The van der Waals surface area contributed by atoms with Crippen molar-refractivity contribution in [3.05, 3.63) is 31.2 Å². The lowest BCUT2D eigenvalue weighted by Crippen LogP contribution is -2.44. The highest BCUT2D eigenvalue weighted by atomic mass is 16.7. The van der Waals surface area contributed by atoms with E-state index in [9.17, 15) is 14.7 Å². The second kappa shape index (κ2) is 10.0. The number of ether oxygens (including phenoxy) is 4. The van der Waals surface area contributed by atoms with Gasteiger partial charge in [0.25, 0.3) is 0 Å². The standard InChI is InChI=1S/C26H38N4O7/c1-11-17-15(2)18(35-26(9,10)33)21(34-17)29-13-12-16-19(29)27-14-28-20(16)30(22(31)36-24(3,4)5)23(32)37-25(6,7)8/h11-15,17-18,21,33H,1H2,2-10H3/t15-,17-,18-,21-/m1/s1. The molecule has 3 rings (SSSR count). The summed E-state index contributed by atoms with van der Waals surface area (Å²) >= 11 is 0. The van der Waals surface area contributed by atoms with Crippen molar-refractivity contribution in [1.29, 1.82) is 0 Å². The van der Waals surface area contributed by atoms with Gasteiger partial charge >= 0.3 is 12.2 Å². The van der Waals surface area contributed by atoms with E-state index in [2.05, 4.69) is 16.5 Å². The van der Waals surface area contributed by atoms with Crippen LogP contribution in [0.25, 0.3) is 11.0 Å². The van der Waals surface area contributed by atoms with Crippen LogP contribution in [0.2, 0.25) is 0 Å². The third-order valence-electron chi connectivity index (χ3n) is 5.40. The Labute approximate surface area is 217 Å². The monoisotopic (exact) mass is 518 g/mol. The van der Waals surface area contributed by atoms with Gasteiger partial charge in [-0.1, -0.05) is 13.0 Å². The average Bonchev–Trinajstić information content (AvgIpc) is 3.26. The van der Waals surface area contributed by atoms with E-state index in [0.29, 0.717) is 11.0 Å². The van der Waals surface area contributed by atoms with Gasteiger partial charge in [0, 0.05) is 12.1 Å². The molecule has 0 aromatic carbocycles. The first kappa shape index (κ1) is 28.5. The first-order valence-corrected chi connectivity index (χ1v) is 12.2. The minimum absolute atomic E-state index is 0.00137. The summed E-state index contributed by atoms with van der Waals surface area (Å²) in [5.74, 6) is -1.55. The van der Waals surface area contributed by atoms with Crippen molar-refractivity contribution < 1.29 is 33.6 Å². The molecule has 2 aromatic heterocycles. The molecule has 4 atom stereocenters. The predicted octanol–water partition coefficient (Wildman–Crippen LogP) is 4.94. The van der Waals surface area contributed by atoms with Crippen molar-refractivity contribution in [3.63, 3.8) is 0 Å². The fourth-order valence-corrected chi connectivity index (χ4v) is 4.01. The van der Waals surface area contributed by atoms with Crippen LogP contribution in [0.1, 0.15) is 68.5 Å². The zero-order valence-corrected chi connectivity index (χ0v) is 23.0. The van der Waals surface area contributed by atoms with Crippen molar-refractivity contribution in [2.45, 2.75) is 97.7 Å². The Morgan fingerprint density at radius 3 is 2.14 bits per heavy atom. The van der Waals surface area contributed by atoms with Gasteiger partial charge in [-0.2, -0.15) is 4.90 Å². The quantitative estimate of drug-likeness (QED) is 0.433. The van der Waals surface area contributed by atoms with E-state index in [1.54, 1.807) is 78.3 Å². The fourth-order valence-electron chi connectivity index (χ4n) is 4.01. The molecule has 37 heavy (non-hydrogen) atoms. The molecule has 0 bridgehead atoms. The fraction of sp³-hybridized carbons (Fsp3) is 0.615. The van der Waals surface area contributed by atoms with Gasteiger partial charge in [0.05, 0.1) is 11.5 Å². The van der Waals surface area contributed by atoms with Crippen molar-refractivity contribution in [1.82, 2.24) is 14.5 Å². The summed E-state index contributed by atoms with van der Waals surface area (Å²) in [6.07, 6.45) is 1.19. The van der Waals surface area contributed by atoms with Crippen LogP contribution < -0.4 is 4.90 Å². The highest BCUT2D eigenvalue weighted by Gasteiger charge is 2.45. The molecular weight excluding hydrogens is 480 g/mol. The van der Waals surface area contributed by atoms with Crippen molar-refractivity contribution in [3.8, 4) is 0 Å².